The van der Waals surface area contributed by atoms with Crippen molar-refractivity contribution in [2.45, 2.75) is 18.6 Å². The Bertz CT molecular complexity index is 458. The van der Waals surface area contributed by atoms with E-state index < -0.39 is 0 Å². The SMILES string of the molecule is COC1CNC(C(=O)Nc2ncc(Br)nc2Br)C1. The van der Waals surface area contributed by atoms with Crippen LogP contribution in [0.4, 0.5) is 5.82 Å². The predicted molar refractivity (Wildman–Crippen MR) is 73.3 cm³/mol. The topological polar surface area (TPSA) is 76.1 Å². The van der Waals surface area contributed by atoms with Gasteiger partial charge in [0.05, 0.1) is 18.3 Å². The van der Waals surface area contributed by atoms with Crippen molar-refractivity contribution in [3.63, 3.8) is 0 Å². The number of carbonyl (C=O) groups is 1. The van der Waals surface area contributed by atoms with Crippen molar-refractivity contribution in [3.05, 3.63) is 15.4 Å². The zero-order valence-corrected chi connectivity index (χ0v) is 12.8. The number of halogens is 2. The van der Waals surface area contributed by atoms with Crippen molar-refractivity contribution in [1.29, 1.82) is 0 Å². The fourth-order valence-corrected chi connectivity index (χ4v) is 2.63. The monoisotopic (exact) mass is 378 g/mol. The van der Waals surface area contributed by atoms with Gasteiger partial charge in [-0.2, -0.15) is 0 Å². The fourth-order valence-electron chi connectivity index (χ4n) is 1.72. The first-order chi connectivity index (χ1) is 8.60. The third-order valence-electron chi connectivity index (χ3n) is 2.68. The van der Waals surface area contributed by atoms with Crippen LogP contribution in [0, 0.1) is 0 Å². The highest BCUT2D eigenvalue weighted by molar-refractivity contribution is 9.11. The van der Waals surface area contributed by atoms with Gasteiger partial charge in [-0.05, 0) is 38.3 Å². The lowest BCUT2D eigenvalue weighted by Gasteiger charge is -2.11. The number of nitrogens with zero attached hydrogens (tertiary/aromatic N) is 2. The Morgan fingerprint density at radius 3 is 3.00 bits per heavy atom. The molecule has 0 aliphatic carbocycles. The number of anilines is 1. The molecular formula is C10H12Br2N4O2. The van der Waals surface area contributed by atoms with E-state index in [9.17, 15) is 4.79 Å². The minimum atomic E-state index is -0.257. The van der Waals surface area contributed by atoms with Crippen LogP contribution in [-0.2, 0) is 9.53 Å². The standard InChI is InChI=1S/C10H12Br2N4O2/c1-18-5-2-6(13-3-5)10(17)16-9-8(12)15-7(11)4-14-9/h4-6,13H,2-3H2,1H3,(H,14,16,17). The van der Waals surface area contributed by atoms with Gasteiger partial charge in [0, 0.05) is 13.7 Å². The summed E-state index contributed by atoms with van der Waals surface area (Å²) in [6.45, 7) is 0.682. The average molecular weight is 380 g/mol. The molecule has 0 aromatic carbocycles. The summed E-state index contributed by atoms with van der Waals surface area (Å²) in [4.78, 5) is 20.2. The van der Waals surface area contributed by atoms with E-state index >= 15 is 0 Å². The van der Waals surface area contributed by atoms with E-state index in [0.717, 1.165) is 0 Å². The zero-order valence-electron chi connectivity index (χ0n) is 9.61. The van der Waals surface area contributed by atoms with Crippen LogP contribution in [0.2, 0.25) is 0 Å². The van der Waals surface area contributed by atoms with Crippen LogP contribution in [-0.4, -0.2) is 41.7 Å². The first-order valence-electron chi connectivity index (χ1n) is 5.35. The largest absolute Gasteiger partial charge is 0.380 e. The molecular weight excluding hydrogens is 368 g/mol. The maximum atomic E-state index is 12.0. The number of carbonyl (C=O) groups excluding carboxylic acids is 1. The maximum Gasteiger partial charge on any atom is 0.242 e. The van der Waals surface area contributed by atoms with Crippen LogP contribution in [0.25, 0.3) is 0 Å². The molecule has 18 heavy (non-hydrogen) atoms. The second kappa shape index (κ2) is 6.05. The van der Waals surface area contributed by atoms with Crippen molar-refractivity contribution in [2.24, 2.45) is 0 Å². The number of rotatable bonds is 3. The second-order valence-electron chi connectivity index (χ2n) is 3.88. The maximum absolute atomic E-state index is 12.0. The molecule has 1 aromatic heterocycles. The number of hydrogen-bond acceptors (Lipinski definition) is 5. The highest BCUT2D eigenvalue weighted by atomic mass is 79.9. The number of hydrogen-bond donors (Lipinski definition) is 2. The molecule has 2 N–H and O–H groups in total. The molecule has 1 saturated heterocycles. The van der Waals surface area contributed by atoms with Gasteiger partial charge in [-0.15, -0.1) is 0 Å². The zero-order chi connectivity index (χ0) is 13.1. The molecule has 1 amide bonds. The Labute approximate surface area is 121 Å². The molecule has 1 aliphatic heterocycles. The molecule has 98 valence electrons. The number of ether oxygens (including phenoxy) is 1. The number of nitrogens with one attached hydrogen (secondary N) is 2. The molecule has 2 unspecified atom stereocenters. The van der Waals surface area contributed by atoms with Gasteiger partial charge in [-0.3, -0.25) is 4.79 Å². The highest BCUT2D eigenvalue weighted by Crippen LogP contribution is 2.20. The molecule has 1 aromatic rings. The molecule has 2 rings (SSSR count). The van der Waals surface area contributed by atoms with Gasteiger partial charge in [0.2, 0.25) is 5.91 Å². The van der Waals surface area contributed by atoms with E-state index in [1.165, 1.54) is 6.20 Å². The quantitative estimate of drug-likeness (QED) is 0.828. The molecule has 0 radical (unpaired) electrons. The third-order valence-corrected chi connectivity index (χ3v) is 3.62. The molecule has 1 fully saturated rings. The number of amides is 1. The Balaban J connectivity index is 1.99. The first kappa shape index (κ1) is 13.9. The molecule has 8 heteroatoms. The first-order valence-corrected chi connectivity index (χ1v) is 6.94. The van der Waals surface area contributed by atoms with E-state index in [4.69, 9.17) is 4.74 Å². The number of methoxy groups -OCH3 is 1. The third kappa shape index (κ3) is 3.25. The van der Waals surface area contributed by atoms with E-state index in [0.29, 0.717) is 28.0 Å². The van der Waals surface area contributed by atoms with Crippen molar-refractivity contribution in [1.82, 2.24) is 15.3 Å². The van der Waals surface area contributed by atoms with Crippen molar-refractivity contribution < 1.29 is 9.53 Å². The summed E-state index contributed by atoms with van der Waals surface area (Å²) < 4.78 is 6.29. The summed E-state index contributed by atoms with van der Waals surface area (Å²) in [5.41, 5.74) is 0. The Hall–Kier alpha value is -0.570. The summed E-state index contributed by atoms with van der Waals surface area (Å²) in [6, 6.07) is -0.257. The lowest BCUT2D eigenvalue weighted by Crippen LogP contribution is -2.35. The Morgan fingerprint density at radius 2 is 2.39 bits per heavy atom. The highest BCUT2D eigenvalue weighted by Gasteiger charge is 2.29. The predicted octanol–water partition coefficient (Wildman–Crippen LogP) is 1.32. The van der Waals surface area contributed by atoms with Gasteiger partial charge >= 0.3 is 0 Å². The van der Waals surface area contributed by atoms with Gasteiger partial charge in [-0.25, -0.2) is 9.97 Å². The van der Waals surface area contributed by atoms with Gasteiger partial charge in [-0.1, -0.05) is 0 Å². The van der Waals surface area contributed by atoms with Crippen LogP contribution in [0.3, 0.4) is 0 Å². The average Bonchev–Trinajstić information content (AvgIpc) is 2.81. The van der Waals surface area contributed by atoms with Gasteiger partial charge in [0.1, 0.15) is 9.21 Å². The van der Waals surface area contributed by atoms with Crippen LogP contribution in [0.5, 0.6) is 0 Å². The number of aromatic nitrogens is 2. The molecule has 0 saturated carbocycles. The summed E-state index contributed by atoms with van der Waals surface area (Å²) in [5.74, 6) is 0.276. The van der Waals surface area contributed by atoms with Crippen LogP contribution >= 0.6 is 31.9 Å². The minimum absolute atomic E-state index is 0.0835. The van der Waals surface area contributed by atoms with Crippen molar-refractivity contribution >= 4 is 43.6 Å². The molecule has 0 bridgehead atoms. The summed E-state index contributed by atoms with van der Waals surface area (Å²) in [7, 11) is 1.64. The molecule has 2 heterocycles. The van der Waals surface area contributed by atoms with E-state index in [-0.39, 0.29) is 18.1 Å². The fraction of sp³-hybridized carbons (Fsp3) is 0.500. The Morgan fingerprint density at radius 1 is 1.61 bits per heavy atom. The van der Waals surface area contributed by atoms with Crippen molar-refractivity contribution in [3.8, 4) is 0 Å². The van der Waals surface area contributed by atoms with Crippen molar-refractivity contribution in [2.75, 3.05) is 19.0 Å². The minimum Gasteiger partial charge on any atom is -0.380 e. The lowest BCUT2D eigenvalue weighted by atomic mass is 10.2. The van der Waals surface area contributed by atoms with E-state index in [1.54, 1.807) is 7.11 Å². The van der Waals surface area contributed by atoms with Gasteiger partial charge < -0.3 is 15.4 Å². The van der Waals surface area contributed by atoms with E-state index in [2.05, 4.69) is 52.5 Å². The van der Waals surface area contributed by atoms with Crippen LogP contribution in [0.1, 0.15) is 6.42 Å². The van der Waals surface area contributed by atoms with Gasteiger partial charge in [0.25, 0.3) is 0 Å². The lowest BCUT2D eigenvalue weighted by molar-refractivity contribution is -0.118. The second-order valence-corrected chi connectivity index (χ2v) is 5.44. The molecule has 6 nitrogen and oxygen atoms in total. The summed E-state index contributed by atoms with van der Waals surface area (Å²) in [5, 5.41) is 5.82. The summed E-state index contributed by atoms with van der Waals surface area (Å²) in [6.07, 6.45) is 2.27. The summed E-state index contributed by atoms with van der Waals surface area (Å²) >= 11 is 6.45. The molecule has 0 spiro atoms. The smallest absolute Gasteiger partial charge is 0.242 e. The van der Waals surface area contributed by atoms with Crippen LogP contribution < -0.4 is 10.6 Å². The molecule has 1 aliphatic rings. The van der Waals surface area contributed by atoms with Crippen LogP contribution in [0.15, 0.2) is 15.4 Å². The normalized spacial score (nSPS) is 23.1. The van der Waals surface area contributed by atoms with Gasteiger partial charge in [0.15, 0.2) is 5.82 Å². The Kier molecular flexibility index (Phi) is 4.66. The molecule has 2 atom stereocenters. The van der Waals surface area contributed by atoms with E-state index in [1.807, 2.05) is 0 Å².